The van der Waals surface area contributed by atoms with E-state index in [0.717, 1.165) is 19.3 Å². The molecule has 0 aliphatic heterocycles. The van der Waals surface area contributed by atoms with E-state index in [1.54, 1.807) is 0 Å². The first-order valence-electron chi connectivity index (χ1n) is 4.46. The van der Waals surface area contributed by atoms with Gasteiger partial charge >= 0.3 is 0 Å². The van der Waals surface area contributed by atoms with Crippen molar-refractivity contribution in [3.8, 4) is 6.07 Å². The smallest absolute Gasteiger partial charge is 0.109 e. The third-order valence-electron chi connectivity index (χ3n) is 2.27. The van der Waals surface area contributed by atoms with Gasteiger partial charge in [0.05, 0.1) is 6.07 Å². The van der Waals surface area contributed by atoms with Gasteiger partial charge in [0.25, 0.3) is 0 Å². The molecule has 66 valence electrons. The van der Waals surface area contributed by atoms with Gasteiger partial charge in [0.15, 0.2) is 0 Å². The lowest BCUT2D eigenvalue weighted by Crippen LogP contribution is -2.20. The average Bonchev–Trinajstić information content (AvgIpc) is 2.54. The van der Waals surface area contributed by atoms with Gasteiger partial charge in [0.1, 0.15) is 4.75 Å². The Bertz CT molecular complexity index is 206. The van der Waals surface area contributed by atoms with Crippen LogP contribution in [-0.2, 0) is 0 Å². The van der Waals surface area contributed by atoms with E-state index in [1.807, 2.05) is 11.8 Å². The molecule has 12 heavy (non-hydrogen) atoms. The second-order valence-electron chi connectivity index (χ2n) is 3.32. The topological polar surface area (TPSA) is 23.8 Å². The molecule has 1 unspecified atom stereocenters. The van der Waals surface area contributed by atoms with E-state index in [1.165, 1.54) is 0 Å². The molecule has 0 amide bonds. The second kappa shape index (κ2) is 4.00. The Hall–Kier alpha value is -0.420. The molecule has 1 atom stereocenters. The van der Waals surface area contributed by atoms with Crippen LogP contribution in [0, 0.1) is 11.3 Å². The molecule has 0 saturated heterocycles. The van der Waals surface area contributed by atoms with Crippen molar-refractivity contribution in [3.63, 3.8) is 0 Å². The van der Waals surface area contributed by atoms with Crippen LogP contribution in [-0.4, -0.2) is 10.00 Å². The van der Waals surface area contributed by atoms with Crippen LogP contribution in [0.25, 0.3) is 0 Å². The van der Waals surface area contributed by atoms with Gasteiger partial charge in [-0.3, -0.25) is 0 Å². The third-order valence-corrected chi connectivity index (χ3v) is 3.88. The summed E-state index contributed by atoms with van der Waals surface area (Å²) in [7, 11) is 0. The predicted molar refractivity (Wildman–Crippen MR) is 54.1 cm³/mol. The van der Waals surface area contributed by atoms with Crippen molar-refractivity contribution >= 4 is 11.8 Å². The number of nitriles is 1. The zero-order chi connectivity index (χ0) is 9.03. The first-order valence-corrected chi connectivity index (χ1v) is 5.34. The summed E-state index contributed by atoms with van der Waals surface area (Å²) in [6, 6.07) is 2.44. The molecule has 0 fully saturated rings. The molecule has 1 rings (SSSR count). The van der Waals surface area contributed by atoms with Gasteiger partial charge in [-0.25, -0.2) is 0 Å². The van der Waals surface area contributed by atoms with Crippen LogP contribution in [0.1, 0.15) is 33.1 Å². The molecule has 0 heterocycles. The number of hydrogen-bond donors (Lipinski definition) is 0. The standard InChI is InChI=1S/C10H15NS/c1-3-9(2)12-10(8-11)6-4-5-7-10/h4-5,9H,3,6-7H2,1-2H3. The van der Waals surface area contributed by atoms with Crippen molar-refractivity contribution in [2.75, 3.05) is 0 Å². The highest BCUT2D eigenvalue weighted by atomic mass is 32.2. The van der Waals surface area contributed by atoms with Crippen LogP contribution in [0.4, 0.5) is 0 Å². The van der Waals surface area contributed by atoms with Crippen molar-refractivity contribution in [1.29, 1.82) is 5.26 Å². The highest BCUT2D eigenvalue weighted by Gasteiger charge is 2.32. The Labute approximate surface area is 78.8 Å². The summed E-state index contributed by atoms with van der Waals surface area (Å²) in [5.41, 5.74) is 0. The summed E-state index contributed by atoms with van der Waals surface area (Å²) in [6.07, 6.45) is 7.25. The van der Waals surface area contributed by atoms with E-state index in [2.05, 4.69) is 32.1 Å². The molecular formula is C10H15NS. The third kappa shape index (κ3) is 2.04. The zero-order valence-electron chi connectivity index (χ0n) is 7.71. The lowest BCUT2D eigenvalue weighted by Gasteiger charge is -2.23. The van der Waals surface area contributed by atoms with Crippen LogP contribution in [0.5, 0.6) is 0 Å². The van der Waals surface area contributed by atoms with Gasteiger partial charge in [-0.15, -0.1) is 11.8 Å². The van der Waals surface area contributed by atoms with E-state index in [-0.39, 0.29) is 4.75 Å². The van der Waals surface area contributed by atoms with E-state index < -0.39 is 0 Å². The summed E-state index contributed by atoms with van der Waals surface area (Å²) in [5, 5.41) is 9.65. The lowest BCUT2D eigenvalue weighted by atomic mass is 10.1. The normalized spacial score (nSPS) is 22.1. The minimum Gasteiger partial charge on any atom is -0.197 e. The molecular weight excluding hydrogens is 166 g/mol. The Kier molecular flexibility index (Phi) is 3.22. The Morgan fingerprint density at radius 3 is 2.58 bits per heavy atom. The van der Waals surface area contributed by atoms with Crippen molar-refractivity contribution in [1.82, 2.24) is 0 Å². The van der Waals surface area contributed by atoms with Gasteiger partial charge < -0.3 is 0 Å². The maximum atomic E-state index is 9.05. The van der Waals surface area contributed by atoms with Gasteiger partial charge in [-0.05, 0) is 19.3 Å². The molecule has 0 aromatic rings. The highest BCUT2D eigenvalue weighted by Crippen LogP contribution is 2.40. The Balaban J connectivity index is 2.53. The molecule has 1 nitrogen and oxygen atoms in total. The minimum absolute atomic E-state index is 0.130. The van der Waals surface area contributed by atoms with E-state index in [4.69, 9.17) is 5.26 Å². The van der Waals surface area contributed by atoms with Crippen LogP contribution in [0.15, 0.2) is 12.2 Å². The monoisotopic (exact) mass is 181 g/mol. The maximum Gasteiger partial charge on any atom is 0.109 e. The summed E-state index contributed by atoms with van der Waals surface area (Å²) in [5.74, 6) is 0. The molecule has 1 aliphatic rings. The second-order valence-corrected chi connectivity index (χ2v) is 5.14. The predicted octanol–water partition coefficient (Wildman–Crippen LogP) is 3.13. The molecule has 0 aromatic heterocycles. The summed E-state index contributed by atoms with van der Waals surface area (Å²) in [4.78, 5) is 0. The number of thioether (sulfide) groups is 1. The minimum atomic E-state index is -0.130. The first kappa shape index (κ1) is 9.67. The fourth-order valence-electron chi connectivity index (χ4n) is 1.31. The van der Waals surface area contributed by atoms with Crippen LogP contribution >= 0.6 is 11.8 Å². The van der Waals surface area contributed by atoms with Crippen molar-refractivity contribution in [2.45, 2.75) is 43.1 Å². The Morgan fingerprint density at radius 1 is 1.58 bits per heavy atom. The Morgan fingerprint density at radius 2 is 2.17 bits per heavy atom. The van der Waals surface area contributed by atoms with E-state index in [0.29, 0.717) is 5.25 Å². The maximum absolute atomic E-state index is 9.05. The largest absolute Gasteiger partial charge is 0.197 e. The fraction of sp³-hybridized carbons (Fsp3) is 0.700. The summed E-state index contributed by atoms with van der Waals surface area (Å²) >= 11 is 1.83. The zero-order valence-corrected chi connectivity index (χ0v) is 8.53. The number of hydrogen-bond acceptors (Lipinski definition) is 2. The van der Waals surface area contributed by atoms with Crippen LogP contribution < -0.4 is 0 Å². The SMILES string of the molecule is CCC(C)SC1(C#N)CC=CC1. The first-order chi connectivity index (χ1) is 5.72. The van der Waals surface area contributed by atoms with Crippen molar-refractivity contribution in [3.05, 3.63) is 12.2 Å². The van der Waals surface area contributed by atoms with Gasteiger partial charge in [0, 0.05) is 5.25 Å². The summed E-state index contributed by atoms with van der Waals surface area (Å²) in [6.45, 7) is 4.37. The lowest BCUT2D eigenvalue weighted by molar-refractivity contribution is 0.775. The van der Waals surface area contributed by atoms with Crippen LogP contribution in [0.3, 0.4) is 0 Å². The molecule has 0 N–H and O–H groups in total. The van der Waals surface area contributed by atoms with Crippen molar-refractivity contribution in [2.24, 2.45) is 0 Å². The fourth-order valence-corrected chi connectivity index (χ4v) is 2.69. The average molecular weight is 181 g/mol. The number of nitrogens with zero attached hydrogens (tertiary/aromatic N) is 1. The van der Waals surface area contributed by atoms with Gasteiger partial charge in [-0.2, -0.15) is 5.26 Å². The van der Waals surface area contributed by atoms with Crippen molar-refractivity contribution < 1.29 is 0 Å². The summed E-state index contributed by atoms with van der Waals surface area (Å²) < 4.78 is -0.130. The highest BCUT2D eigenvalue weighted by molar-refractivity contribution is 8.01. The van der Waals surface area contributed by atoms with Gasteiger partial charge in [0.2, 0.25) is 0 Å². The van der Waals surface area contributed by atoms with E-state index >= 15 is 0 Å². The molecule has 0 saturated carbocycles. The molecule has 0 radical (unpaired) electrons. The quantitative estimate of drug-likeness (QED) is 0.625. The number of allylic oxidation sites excluding steroid dienone is 2. The molecule has 0 aromatic carbocycles. The van der Waals surface area contributed by atoms with E-state index in [9.17, 15) is 0 Å². The molecule has 0 spiro atoms. The number of rotatable bonds is 3. The van der Waals surface area contributed by atoms with Gasteiger partial charge in [-0.1, -0.05) is 26.0 Å². The molecule has 1 aliphatic carbocycles. The molecule has 0 bridgehead atoms. The molecule has 2 heteroatoms. The van der Waals surface area contributed by atoms with Crippen LogP contribution in [0.2, 0.25) is 0 Å².